The van der Waals surface area contributed by atoms with Crippen LogP contribution in [0.25, 0.3) is 0 Å². The number of amides is 4. The third-order valence-corrected chi connectivity index (χ3v) is 6.55. The first kappa shape index (κ1) is 34.9. The highest BCUT2D eigenvalue weighted by Gasteiger charge is 2.40. The minimum absolute atomic E-state index is 0.0410. The third-order valence-electron chi connectivity index (χ3n) is 6.55. The number of alkyl carbamates (subject to hydrolysis) is 1. The van der Waals surface area contributed by atoms with Gasteiger partial charge in [0.2, 0.25) is 11.8 Å². The monoisotopic (exact) mass is 597 g/mol. The summed E-state index contributed by atoms with van der Waals surface area (Å²) in [6.07, 6.45) is -2.70. The van der Waals surface area contributed by atoms with E-state index in [4.69, 9.17) is 4.74 Å². The van der Waals surface area contributed by atoms with E-state index in [0.29, 0.717) is 11.1 Å². The van der Waals surface area contributed by atoms with Crippen LogP contribution in [0.2, 0.25) is 0 Å². The molecule has 11 nitrogen and oxygen atoms in total. The van der Waals surface area contributed by atoms with Crippen molar-refractivity contribution in [2.75, 3.05) is 0 Å². The van der Waals surface area contributed by atoms with E-state index in [-0.39, 0.29) is 18.8 Å². The molecular formula is C32H43N3O8. The highest BCUT2D eigenvalue weighted by Crippen LogP contribution is 2.18. The maximum atomic E-state index is 14.4. The fraction of sp³-hybridized carbons (Fsp3) is 0.469. The van der Waals surface area contributed by atoms with Gasteiger partial charge in [-0.25, -0.2) is 4.79 Å². The predicted octanol–water partition coefficient (Wildman–Crippen LogP) is 3.09. The molecule has 4 N–H and O–H groups in total. The normalized spacial score (nSPS) is 14.1. The molecule has 0 saturated heterocycles. The molecule has 0 spiro atoms. The highest BCUT2D eigenvalue weighted by atomic mass is 16.6. The van der Waals surface area contributed by atoms with Crippen molar-refractivity contribution >= 4 is 29.8 Å². The average molecular weight is 598 g/mol. The van der Waals surface area contributed by atoms with E-state index in [9.17, 15) is 34.2 Å². The molecule has 0 heterocycles. The minimum atomic E-state index is -1.50. The second-order valence-corrected chi connectivity index (χ2v) is 11.8. The first-order valence-electron chi connectivity index (χ1n) is 14.2. The maximum absolute atomic E-state index is 14.4. The topological polar surface area (TPSA) is 162 Å². The van der Waals surface area contributed by atoms with Crippen molar-refractivity contribution in [1.82, 2.24) is 15.5 Å². The number of carbonyl (C=O) groups is 5. The Balaban J connectivity index is 2.64. The Kier molecular flexibility index (Phi) is 12.9. The number of nitrogens with one attached hydrogen (secondary N) is 2. The summed E-state index contributed by atoms with van der Waals surface area (Å²) in [5.41, 5.74) is 0.375. The Labute approximate surface area is 252 Å². The van der Waals surface area contributed by atoms with Crippen LogP contribution in [0.15, 0.2) is 60.7 Å². The Hall–Kier alpha value is -4.25. The zero-order chi connectivity index (χ0) is 32.3. The molecule has 43 heavy (non-hydrogen) atoms. The number of aliphatic carboxylic acids is 1. The Bertz CT molecular complexity index is 1240. The van der Waals surface area contributed by atoms with E-state index >= 15 is 0 Å². The number of nitrogens with zero attached hydrogens (tertiary/aromatic N) is 1. The molecule has 0 unspecified atom stereocenters. The Morgan fingerprint density at radius 2 is 1.35 bits per heavy atom. The lowest BCUT2D eigenvalue weighted by Gasteiger charge is -2.34. The van der Waals surface area contributed by atoms with Crippen LogP contribution >= 0.6 is 0 Å². The summed E-state index contributed by atoms with van der Waals surface area (Å²) in [6, 6.07) is 13.2. The molecule has 2 aromatic carbocycles. The van der Waals surface area contributed by atoms with Gasteiger partial charge < -0.3 is 25.6 Å². The highest BCUT2D eigenvalue weighted by molar-refractivity contribution is 6.03. The molecule has 0 aromatic heterocycles. The second-order valence-electron chi connectivity index (χ2n) is 11.8. The number of ether oxygens (including phenoxy) is 1. The van der Waals surface area contributed by atoms with Crippen LogP contribution in [0.4, 0.5) is 4.79 Å². The summed E-state index contributed by atoms with van der Waals surface area (Å²) < 4.78 is 5.38. The number of rotatable bonds is 13. The van der Waals surface area contributed by atoms with E-state index in [2.05, 4.69) is 10.6 Å². The van der Waals surface area contributed by atoms with Crippen molar-refractivity contribution in [2.24, 2.45) is 5.92 Å². The first-order valence-corrected chi connectivity index (χ1v) is 14.2. The Morgan fingerprint density at radius 3 is 1.81 bits per heavy atom. The zero-order valence-electron chi connectivity index (χ0n) is 25.6. The smallest absolute Gasteiger partial charge is 0.408 e. The van der Waals surface area contributed by atoms with E-state index in [0.717, 1.165) is 4.90 Å². The first-order chi connectivity index (χ1) is 20.1. The van der Waals surface area contributed by atoms with E-state index in [1.165, 1.54) is 6.92 Å². The summed E-state index contributed by atoms with van der Waals surface area (Å²) in [7, 11) is 0. The summed E-state index contributed by atoms with van der Waals surface area (Å²) in [5.74, 6) is -4.28. The van der Waals surface area contributed by atoms with Gasteiger partial charge >= 0.3 is 12.1 Å². The van der Waals surface area contributed by atoms with Crippen LogP contribution in [0, 0.1) is 5.92 Å². The quantitative estimate of drug-likeness (QED) is 0.274. The lowest BCUT2D eigenvalue weighted by Crippen LogP contribution is -2.60. The van der Waals surface area contributed by atoms with Crippen molar-refractivity contribution in [3.8, 4) is 0 Å². The molecule has 4 atom stereocenters. The van der Waals surface area contributed by atoms with Crippen LogP contribution in [0.5, 0.6) is 0 Å². The van der Waals surface area contributed by atoms with Gasteiger partial charge in [-0.05, 0) is 44.7 Å². The summed E-state index contributed by atoms with van der Waals surface area (Å²) >= 11 is 0. The van der Waals surface area contributed by atoms with Crippen molar-refractivity contribution in [3.05, 3.63) is 71.8 Å². The number of carboxylic acid groups (broad SMARTS) is 1. The fourth-order valence-corrected chi connectivity index (χ4v) is 4.14. The molecule has 11 heteroatoms. The molecule has 0 aliphatic rings. The van der Waals surface area contributed by atoms with Gasteiger partial charge in [0, 0.05) is 12.8 Å². The summed E-state index contributed by atoms with van der Waals surface area (Å²) in [4.78, 5) is 67.0. The van der Waals surface area contributed by atoms with Gasteiger partial charge in [-0.2, -0.15) is 0 Å². The fourth-order valence-electron chi connectivity index (χ4n) is 4.14. The molecule has 2 rings (SSSR count). The molecule has 4 amide bonds. The standard InChI is InChI=1S/C32H43N3O8/c1-20(2)26(36)19-27(37)35(25(18-23-15-11-8-12-16-23)28(38)33-21(3)30(40)41)29(39)24(17-22-13-9-7-10-14-22)34-31(42)43-32(4,5)6/h7-16,20-21,24-26,36H,17-19H2,1-6H3,(H,33,38)(H,34,42)(H,40,41)/t21-,24-,25-,26+/m1/s1. The number of carbonyl (C=O) groups excluding carboxylic acids is 4. The summed E-state index contributed by atoms with van der Waals surface area (Å²) in [5, 5.41) is 24.9. The molecule has 0 aliphatic heterocycles. The van der Waals surface area contributed by atoms with Gasteiger partial charge in [-0.1, -0.05) is 74.5 Å². The minimum Gasteiger partial charge on any atom is -0.480 e. The van der Waals surface area contributed by atoms with Gasteiger partial charge in [0.15, 0.2) is 0 Å². The molecule has 234 valence electrons. The third kappa shape index (κ3) is 11.5. The number of aliphatic hydroxyl groups is 1. The van der Waals surface area contributed by atoms with Gasteiger partial charge in [0.05, 0.1) is 12.5 Å². The molecule has 0 fully saturated rings. The second kappa shape index (κ2) is 15.8. The number of hydrogen-bond acceptors (Lipinski definition) is 7. The maximum Gasteiger partial charge on any atom is 0.408 e. The van der Waals surface area contributed by atoms with Crippen molar-refractivity contribution in [1.29, 1.82) is 0 Å². The molecule has 0 saturated carbocycles. The number of benzene rings is 2. The average Bonchev–Trinajstić information content (AvgIpc) is 2.92. The van der Waals surface area contributed by atoms with Crippen molar-refractivity contribution in [2.45, 2.75) is 90.6 Å². The molecule has 0 bridgehead atoms. The number of hydrogen-bond donors (Lipinski definition) is 4. The van der Waals surface area contributed by atoms with Crippen molar-refractivity contribution in [3.63, 3.8) is 0 Å². The molecular weight excluding hydrogens is 554 g/mol. The number of carboxylic acids is 1. The SMILES string of the molecule is CC(C)[C@@H](O)CC(=O)N(C(=O)[C@@H](Cc1ccccc1)NC(=O)OC(C)(C)C)[C@H](Cc1ccccc1)C(=O)N[C@H](C)C(=O)O. The van der Waals surface area contributed by atoms with Gasteiger partial charge in [-0.3, -0.25) is 24.1 Å². The van der Waals surface area contributed by atoms with Crippen LogP contribution in [0.1, 0.15) is 59.1 Å². The summed E-state index contributed by atoms with van der Waals surface area (Å²) in [6.45, 7) is 9.65. The number of imide groups is 1. The Morgan fingerprint density at radius 1 is 0.837 bits per heavy atom. The van der Waals surface area contributed by atoms with E-state index in [1.807, 2.05) is 0 Å². The number of aliphatic hydroxyl groups excluding tert-OH is 1. The van der Waals surface area contributed by atoms with Crippen LogP contribution < -0.4 is 10.6 Å². The molecule has 2 aromatic rings. The largest absolute Gasteiger partial charge is 0.480 e. The molecule has 0 radical (unpaired) electrons. The lowest BCUT2D eigenvalue weighted by atomic mass is 9.98. The van der Waals surface area contributed by atoms with E-state index < -0.39 is 66.0 Å². The van der Waals surface area contributed by atoms with Gasteiger partial charge in [0.1, 0.15) is 23.7 Å². The van der Waals surface area contributed by atoms with Crippen LogP contribution in [0.3, 0.4) is 0 Å². The molecule has 0 aliphatic carbocycles. The van der Waals surface area contributed by atoms with Crippen molar-refractivity contribution < 1.29 is 38.9 Å². The lowest BCUT2D eigenvalue weighted by molar-refractivity contribution is -0.155. The van der Waals surface area contributed by atoms with Crippen LogP contribution in [-0.4, -0.2) is 74.7 Å². The van der Waals surface area contributed by atoms with Gasteiger partial charge in [0.25, 0.3) is 5.91 Å². The van der Waals surface area contributed by atoms with E-state index in [1.54, 1.807) is 95.3 Å². The predicted molar refractivity (Wildman–Crippen MR) is 160 cm³/mol. The zero-order valence-corrected chi connectivity index (χ0v) is 25.6. The van der Waals surface area contributed by atoms with Crippen LogP contribution in [-0.2, 0) is 36.8 Å². The van der Waals surface area contributed by atoms with Gasteiger partial charge in [-0.15, -0.1) is 0 Å².